The number of rotatable bonds is 17. The number of aryl methyl sites for hydroxylation is 1. The molecular weight excluding hydrogens is 1200 g/mol. The summed E-state index contributed by atoms with van der Waals surface area (Å²) in [6.45, 7) is 11.7. The quantitative estimate of drug-likeness (QED) is 0.0722. The lowest BCUT2D eigenvalue weighted by Gasteiger charge is -2.56. The highest BCUT2D eigenvalue weighted by Gasteiger charge is 2.46. The average molecular weight is 1280 g/mol. The number of aliphatic hydroxyl groups is 2. The van der Waals surface area contributed by atoms with Crippen LogP contribution in [0.25, 0.3) is 33.3 Å². The first-order valence-electron chi connectivity index (χ1n) is 31.3. The summed E-state index contributed by atoms with van der Waals surface area (Å²) in [5.74, 6) is 4.40. The molecule has 8 fully saturated rings. The Kier molecular flexibility index (Phi) is 17.3. The van der Waals surface area contributed by atoms with Gasteiger partial charge in [-0.25, -0.2) is 29.0 Å². The van der Waals surface area contributed by atoms with E-state index in [-0.39, 0.29) is 23.2 Å². The Labute approximate surface area is 539 Å². The summed E-state index contributed by atoms with van der Waals surface area (Å²) >= 11 is 0. The molecule has 480 valence electrons. The van der Waals surface area contributed by atoms with Crippen LogP contribution < -0.4 is 24.0 Å². The first-order chi connectivity index (χ1) is 44.8. The van der Waals surface area contributed by atoms with E-state index in [2.05, 4.69) is 76.2 Å². The smallest absolute Gasteiger partial charge is 0.296 e. The number of methoxy groups -OCH3 is 2. The zero-order chi connectivity index (χ0) is 64.8. The molecule has 23 nitrogen and oxygen atoms in total. The molecule has 6 saturated heterocycles. The van der Waals surface area contributed by atoms with Crippen LogP contribution in [0.5, 0.6) is 23.3 Å². The van der Waals surface area contributed by atoms with Gasteiger partial charge >= 0.3 is 0 Å². The molecule has 4 bridgehead atoms. The van der Waals surface area contributed by atoms with E-state index < -0.39 is 21.3 Å². The van der Waals surface area contributed by atoms with E-state index in [1.807, 2.05) is 69.0 Å². The molecule has 4 unspecified atom stereocenters. The molecular formula is C69H74N14O9S. The van der Waals surface area contributed by atoms with Gasteiger partial charge in [0.1, 0.15) is 35.3 Å². The third-order valence-corrected chi connectivity index (χ3v) is 20.1. The second kappa shape index (κ2) is 25.7. The minimum absolute atomic E-state index is 0.0856. The van der Waals surface area contributed by atoms with Crippen molar-refractivity contribution in [2.24, 2.45) is 11.8 Å². The van der Waals surface area contributed by atoms with Crippen LogP contribution in [-0.4, -0.2) is 162 Å². The lowest BCUT2D eigenvalue weighted by atomic mass is 9.73. The largest absolute Gasteiger partial charge is 0.506 e. The molecule has 2 saturated carbocycles. The molecule has 0 amide bonds. The fourth-order valence-corrected chi connectivity index (χ4v) is 15.0. The van der Waals surface area contributed by atoms with Crippen molar-refractivity contribution in [2.75, 3.05) is 63.4 Å². The number of aromatic hydroxyl groups is 1. The van der Waals surface area contributed by atoms with Gasteiger partial charge in [-0.15, -0.1) is 0 Å². The molecule has 1 aromatic carbocycles. The molecule has 0 spiro atoms. The van der Waals surface area contributed by atoms with Gasteiger partial charge < -0.3 is 39.3 Å². The first-order valence-corrected chi connectivity index (χ1v) is 32.7. The van der Waals surface area contributed by atoms with Crippen molar-refractivity contribution in [1.29, 1.82) is 10.5 Å². The highest BCUT2D eigenvalue weighted by molar-refractivity contribution is 7.86. The number of aromatic nitrogens is 8. The summed E-state index contributed by atoms with van der Waals surface area (Å²) in [5, 5.41) is 57.5. The lowest BCUT2D eigenvalue weighted by Crippen LogP contribution is -2.68. The standard InChI is InChI=1S/C31H33N7O3.C25H23N7O2.C13H18O4S/c1-31(39)9-21(10-31)19-41-26-8-27(30-23(11-32)14-35-38(30)18-26)22-4-5-28(33-13-22)36-16-24-7-25(17-36)37(24)15-20-3-6-29(40-2)34-12-20;1-34-24-5-2-16(9-28-24)12-31-19-6-20(31)14-30(13-19)23-4-3-17(10-27-23)22-7-21(33)15-32-25(22)18(8-26)11-29-32;1-10-3-5-12(6-4-10)18(15,16)17-9-11-7-13(2,14)8-11/h3-6,8,12-14,18,21,24-25,39H,7,9-10,15-17,19H2,1-2H3;2-5,7,9-11,15,19-20,33H,6,12-14H2,1H3;3-6,11,14H,7-9H2,1-2H3. The van der Waals surface area contributed by atoms with Crippen LogP contribution in [0.2, 0.25) is 0 Å². The van der Waals surface area contributed by atoms with Crippen molar-refractivity contribution >= 4 is 32.8 Å². The molecule has 14 heterocycles. The van der Waals surface area contributed by atoms with Crippen molar-refractivity contribution in [2.45, 2.75) is 113 Å². The fraction of sp³-hybridized carbons (Fsp3) is 0.391. The summed E-state index contributed by atoms with van der Waals surface area (Å²) in [5.41, 5.74) is 7.86. The second-order valence-electron chi connectivity index (χ2n) is 26.0. The van der Waals surface area contributed by atoms with Gasteiger partial charge in [0, 0.05) is 123 Å². The third-order valence-electron chi connectivity index (χ3n) is 18.8. The number of piperazine rings is 2. The number of ether oxygens (including phenoxy) is 3. The monoisotopic (exact) mass is 1270 g/mol. The molecule has 8 aromatic heterocycles. The van der Waals surface area contributed by atoms with E-state index >= 15 is 0 Å². The maximum atomic E-state index is 11.9. The molecule has 8 aliphatic rings. The Morgan fingerprint density at radius 2 is 1.06 bits per heavy atom. The van der Waals surface area contributed by atoms with Crippen molar-refractivity contribution in [1.82, 2.24) is 49.0 Å². The van der Waals surface area contributed by atoms with Crippen molar-refractivity contribution in [3.8, 4) is 57.7 Å². The van der Waals surface area contributed by atoms with Crippen LogP contribution in [0, 0.1) is 41.4 Å². The van der Waals surface area contributed by atoms with E-state index in [0.29, 0.717) is 83.7 Å². The highest BCUT2D eigenvalue weighted by Crippen LogP contribution is 2.42. The van der Waals surface area contributed by atoms with Crippen LogP contribution in [0.3, 0.4) is 0 Å². The Hall–Kier alpha value is -9.27. The maximum absolute atomic E-state index is 11.9. The number of anilines is 2. The van der Waals surface area contributed by atoms with Crippen molar-refractivity contribution in [3.63, 3.8) is 0 Å². The average Bonchev–Trinajstić information content (AvgIpc) is 1.16. The summed E-state index contributed by atoms with van der Waals surface area (Å²) in [4.78, 5) is 28.2. The van der Waals surface area contributed by atoms with Gasteiger partial charge in [-0.2, -0.15) is 29.1 Å². The van der Waals surface area contributed by atoms with E-state index in [0.717, 1.165) is 97.1 Å². The van der Waals surface area contributed by atoms with Crippen LogP contribution in [0.15, 0.2) is 139 Å². The van der Waals surface area contributed by atoms with E-state index in [4.69, 9.17) is 28.4 Å². The Bertz CT molecular complexity index is 4320. The van der Waals surface area contributed by atoms with Crippen molar-refractivity contribution in [3.05, 3.63) is 162 Å². The van der Waals surface area contributed by atoms with Gasteiger partial charge in [-0.05, 0) is 131 Å². The normalized spacial score (nSPS) is 23.7. The van der Waals surface area contributed by atoms with Crippen LogP contribution >= 0.6 is 0 Å². The molecule has 9 aromatic rings. The highest BCUT2D eigenvalue weighted by atomic mass is 32.2. The van der Waals surface area contributed by atoms with Crippen LogP contribution in [0.4, 0.5) is 11.6 Å². The number of piperidine rings is 2. The van der Waals surface area contributed by atoms with Crippen LogP contribution in [0.1, 0.15) is 80.2 Å². The van der Waals surface area contributed by atoms with Gasteiger partial charge in [0.2, 0.25) is 11.8 Å². The zero-order valence-electron chi connectivity index (χ0n) is 52.5. The van der Waals surface area contributed by atoms with Crippen molar-refractivity contribution < 1.29 is 42.1 Å². The predicted octanol–water partition coefficient (Wildman–Crippen LogP) is 8.38. The number of fused-ring (bicyclic) bond motifs is 6. The van der Waals surface area contributed by atoms with Gasteiger partial charge in [-0.3, -0.25) is 14.0 Å². The molecule has 6 aliphatic heterocycles. The topological polar surface area (TPSA) is 278 Å². The summed E-state index contributed by atoms with van der Waals surface area (Å²) in [6.07, 6.45) is 19.0. The number of benzene rings is 1. The lowest BCUT2D eigenvalue weighted by molar-refractivity contribution is -0.0692. The summed E-state index contributed by atoms with van der Waals surface area (Å²) in [7, 11) is -0.406. The molecule has 24 heteroatoms. The molecule has 17 rings (SSSR count). The fourth-order valence-electron chi connectivity index (χ4n) is 14.1. The molecule has 3 N–H and O–H groups in total. The van der Waals surface area contributed by atoms with E-state index in [1.165, 1.54) is 40.9 Å². The Morgan fingerprint density at radius 3 is 1.49 bits per heavy atom. The van der Waals surface area contributed by atoms with E-state index in [9.17, 15) is 34.3 Å². The van der Waals surface area contributed by atoms with Gasteiger partial charge in [0.25, 0.3) is 10.1 Å². The summed E-state index contributed by atoms with van der Waals surface area (Å²) in [6, 6.07) is 32.7. The Morgan fingerprint density at radius 1 is 0.591 bits per heavy atom. The zero-order valence-corrected chi connectivity index (χ0v) is 53.3. The third kappa shape index (κ3) is 13.5. The number of nitriles is 2. The minimum Gasteiger partial charge on any atom is -0.506 e. The second-order valence-corrected chi connectivity index (χ2v) is 27.6. The van der Waals surface area contributed by atoms with Gasteiger partial charge in [-0.1, -0.05) is 29.8 Å². The van der Waals surface area contributed by atoms with Crippen LogP contribution in [-0.2, 0) is 27.4 Å². The van der Waals surface area contributed by atoms with Gasteiger partial charge in [0.05, 0.1) is 90.5 Å². The number of pyridine rings is 6. The first kappa shape index (κ1) is 62.5. The van der Waals surface area contributed by atoms with E-state index in [1.54, 1.807) is 68.4 Å². The molecule has 93 heavy (non-hydrogen) atoms. The SMILES string of the molecule is COc1ccc(CN2C3CC2CN(c2ccc(-c4cc(O)cn5ncc(C#N)c45)cn2)C3)cn1.COc1ccc(CN2C3CC2CN(c2ccc(-c4cc(OCC5CC(C)(O)C5)cn5ncc(C#N)c45)cn2)C3)cn1.Cc1ccc(S(=O)(=O)OCC2CC(C)(O)C2)cc1. The minimum atomic E-state index is -3.67. The Balaban J connectivity index is 0.000000136. The number of nitrogens with zero attached hydrogens (tertiary/aromatic N) is 14. The number of hydrogen-bond donors (Lipinski definition) is 3. The summed E-state index contributed by atoms with van der Waals surface area (Å²) < 4.78 is 48.4. The molecule has 4 atom stereocenters. The molecule has 0 radical (unpaired) electrons. The van der Waals surface area contributed by atoms with Gasteiger partial charge in [0.15, 0.2) is 0 Å². The maximum Gasteiger partial charge on any atom is 0.296 e. The predicted molar refractivity (Wildman–Crippen MR) is 346 cm³/mol. The molecule has 2 aliphatic carbocycles. The number of hydrogen-bond acceptors (Lipinski definition) is 21.